The van der Waals surface area contributed by atoms with Gasteiger partial charge in [0.1, 0.15) is 11.1 Å². The summed E-state index contributed by atoms with van der Waals surface area (Å²) in [5.41, 5.74) is 1.17. The number of anilines is 1. The van der Waals surface area contributed by atoms with Crippen molar-refractivity contribution in [3.8, 4) is 0 Å². The molecule has 0 spiro atoms. The van der Waals surface area contributed by atoms with Crippen LogP contribution in [0.15, 0.2) is 47.8 Å². The number of nitrogens with zero attached hydrogens (tertiary/aromatic N) is 4. The molecule has 8 nitrogen and oxygen atoms in total. The molecule has 1 fully saturated rings. The SMILES string of the molecule is Cc1ccc(S(=O)(=O)n2cc(N(C(=O)OC(C)(C)C)C3CCC(C)C3)c3nccnc32)cc1. The average Bonchev–Trinajstić information content (AvgIpc) is 3.32. The number of benzene rings is 1. The molecule has 33 heavy (non-hydrogen) atoms. The maximum Gasteiger partial charge on any atom is 0.415 e. The first-order valence-electron chi connectivity index (χ1n) is 11.1. The van der Waals surface area contributed by atoms with Gasteiger partial charge in [-0.1, -0.05) is 24.6 Å². The minimum Gasteiger partial charge on any atom is -0.443 e. The van der Waals surface area contributed by atoms with Crippen molar-refractivity contribution < 1.29 is 17.9 Å². The number of hydrogen-bond acceptors (Lipinski definition) is 6. The molecule has 176 valence electrons. The summed E-state index contributed by atoms with van der Waals surface area (Å²) in [5.74, 6) is 0.454. The second-order valence-electron chi connectivity index (χ2n) is 9.78. The van der Waals surface area contributed by atoms with Crippen LogP contribution in [0.4, 0.5) is 10.5 Å². The lowest BCUT2D eigenvalue weighted by Gasteiger charge is -2.31. The largest absolute Gasteiger partial charge is 0.443 e. The Kier molecular flexibility index (Phi) is 5.94. The molecule has 3 aromatic rings. The van der Waals surface area contributed by atoms with Gasteiger partial charge in [-0.3, -0.25) is 4.90 Å². The summed E-state index contributed by atoms with van der Waals surface area (Å²) in [6.45, 7) is 9.48. The summed E-state index contributed by atoms with van der Waals surface area (Å²) in [4.78, 5) is 23.8. The number of carbonyl (C=O) groups is 1. The fourth-order valence-corrected chi connectivity index (χ4v) is 5.56. The molecular weight excluding hydrogens is 440 g/mol. The van der Waals surface area contributed by atoms with Crippen molar-refractivity contribution in [1.82, 2.24) is 13.9 Å². The van der Waals surface area contributed by atoms with Crippen LogP contribution < -0.4 is 4.90 Å². The monoisotopic (exact) mass is 470 g/mol. The van der Waals surface area contributed by atoms with Gasteiger partial charge in [0, 0.05) is 24.6 Å². The van der Waals surface area contributed by atoms with E-state index in [-0.39, 0.29) is 16.6 Å². The zero-order valence-electron chi connectivity index (χ0n) is 19.6. The smallest absolute Gasteiger partial charge is 0.415 e. The van der Waals surface area contributed by atoms with Crippen molar-refractivity contribution in [3.05, 3.63) is 48.4 Å². The number of hydrogen-bond donors (Lipinski definition) is 0. The van der Waals surface area contributed by atoms with Crippen molar-refractivity contribution in [1.29, 1.82) is 0 Å². The first-order valence-corrected chi connectivity index (χ1v) is 12.6. The van der Waals surface area contributed by atoms with E-state index in [9.17, 15) is 13.2 Å². The fraction of sp³-hybridized carbons (Fsp3) is 0.458. The van der Waals surface area contributed by atoms with Crippen LogP contribution >= 0.6 is 0 Å². The highest BCUT2D eigenvalue weighted by atomic mass is 32.2. The van der Waals surface area contributed by atoms with Crippen LogP contribution in [0.2, 0.25) is 0 Å². The van der Waals surface area contributed by atoms with E-state index in [1.165, 1.54) is 18.6 Å². The fourth-order valence-electron chi connectivity index (χ4n) is 4.26. The molecule has 2 unspecified atom stereocenters. The molecule has 1 aliphatic rings. The Bertz CT molecular complexity index is 1280. The zero-order chi connectivity index (χ0) is 24.0. The minimum atomic E-state index is -3.95. The third-order valence-electron chi connectivity index (χ3n) is 5.83. The Morgan fingerprint density at radius 3 is 2.39 bits per heavy atom. The molecule has 9 heteroatoms. The highest BCUT2D eigenvalue weighted by molar-refractivity contribution is 7.90. The molecule has 0 aliphatic heterocycles. The van der Waals surface area contributed by atoms with Crippen LogP contribution in [0.5, 0.6) is 0 Å². The van der Waals surface area contributed by atoms with Crippen molar-refractivity contribution in [2.75, 3.05) is 4.90 Å². The number of ether oxygens (including phenoxy) is 1. The van der Waals surface area contributed by atoms with Gasteiger partial charge in [0.15, 0.2) is 5.65 Å². The highest BCUT2D eigenvalue weighted by Gasteiger charge is 2.37. The topological polar surface area (TPSA) is 94.4 Å². The van der Waals surface area contributed by atoms with Crippen LogP contribution in [-0.2, 0) is 14.8 Å². The Balaban J connectivity index is 1.88. The van der Waals surface area contributed by atoms with Crippen molar-refractivity contribution in [2.45, 2.75) is 70.4 Å². The molecule has 1 aromatic carbocycles. The maximum absolute atomic E-state index is 13.5. The van der Waals surface area contributed by atoms with Crippen LogP contribution in [-0.4, -0.2) is 40.1 Å². The van der Waals surface area contributed by atoms with Crippen LogP contribution in [0, 0.1) is 12.8 Å². The number of fused-ring (bicyclic) bond motifs is 1. The van der Waals surface area contributed by atoms with Crippen molar-refractivity contribution in [3.63, 3.8) is 0 Å². The van der Waals surface area contributed by atoms with E-state index in [0.29, 0.717) is 17.1 Å². The molecule has 2 atom stereocenters. The lowest BCUT2D eigenvalue weighted by atomic mass is 10.1. The quantitative estimate of drug-likeness (QED) is 0.538. The van der Waals surface area contributed by atoms with Gasteiger partial charge in [0.25, 0.3) is 10.0 Å². The minimum absolute atomic E-state index is 0.113. The number of carbonyl (C=O) groups excluding carboxylic acids is 1. The van der Waals surface area contributed by atoms with Gasteiger partial charge in [-0.25, -0.2) is 27.2 Å². The predicted molar refractivity (Wildman–Crippen MR) is 127 cm³/mol. The number of amides is 1. The van der Waals surface area contributed by atoms with Crippen molar-refractivity contribution >= 4 is 33.0 Å². The molecule has 4 rings (SSSR count). The average molecular weight is 471 g/mol. The first-order chi connectivity index (χ1) is 15.5. The summed E-state index contributed by atoms with van der Waals surface area (Å²) in [6, 6.07) is 6.52. The third-order valence-corrected chi connectivity index (χ3v) is 7.49. The molecule has 0 bridgehead atoms. The van der Waals surface area contributed by atoms with Crippen LogP contribution in [0.1, 0.15) is 52.5 Å². The Labute approximate surface area is 194 Å². The third kappa shape index (κ3) is 4.59. The second kappa shape index (κ2) is 8.44. The van der Waals surface area contributed by atoms with E-state index in [1.54, 1.807) is 29.2 Å². The van der Waals surface area contributed by atoms with Gasteiger partial charge in [0.2, 0.25) is 0 Å². The van der Waals surface area contributed by atoms with Crippen LogP contribution in [0.25, 0.3) is 11.2 Å². The summed E-state index contributed by atoms with van der Waals surface area (Å²) in [5, 5.41) is 0. The second-order valence-corrected chi connectivity index (χ2v) is 11.6. The zero-order valence-corrected chi connectivity index (χ0v) is 20.5. The summed E-state index contributed by atoms with van der Waals surface area (Å²) in [6.07, 6.45) is 6.47. The van der Waals surface area contributed by atoms with Gasteiger partial charge < -0.3 is 4.74 Å². The summed E-state index contributed by atoms with van der Waals surface area (Å²) in [7, 11) is -3.95. The predicted octanol–water partition coefficient (Wildman–Crippen LogP) is 4.91. The Morgan fingerprint density at radius 1 is 1.12 bits per heavy atom. The van der Waals surface area contributed by atoms with Gasteiger partial charge >= 0.3 is 6.09 Å². The van der Waals surface area contributed by atoms with Gasteiger partial charge in [0.05, 0.1) is 10.6 Å². The lowest BCUT2D eigenvalue weighted by Crippen LogP contribution is -2.42. The summed E-state index contributed by atoms with van der Waals surface area (Å²) >= 11 is 0. The van der Waals surface area contributed by atoms with E-state index in [0.717, 1.165) is 28.8 Å². The molecule has 2 aromatic heterocycles. The molecule has 0 radical (unpaired) electrons. The van der Waals surface area contributed by atoms with Crippen molar-refractivity contribution in [2.24, 2.45) is 5.92 Å². The van der Waals surface area contributed by atoms with E-state index in [2.05, 4.69) is 16.9 Å². The molecular formula is C24H30N4O4S. The van der Waals surface area contributed by atoms with E-state index < -0.39 is 21.7 Å². The van der Waals surface area contributed by atoms with Gasteiger partial charge in [-0.2, -0.15) is 0 Å². The van der Waals surface area contributed by atoms with Gasteiger partial charge in [-0.15, -0.1) is 0 Å². The normalized spacial score (nSPS) is 19.1. The van der Waals surface area contributed by atoms with E-state index in [4.69, 9.17) is 4.74 Å². The molecule has 2 heterocycles. The molecule has 0 N–H and O–H groups in total. The molecule has 0 saturated heterocycles. The number of aryl methyl sites for hydroxylation is 1. The highest BCUT2D eigenvalue weighted by Crippen LogP contribution is 2.37. The first kappa shape index (κ1) is 23.2. The number of aromatic nitrogens is 3. The molecule has 1 amide bonds. The number of rotatable bonds is 4. The lowest BCUT2D eigenvalue weighted by molar-refractivity contribution is 0.0566. The Morgan fingerprint density at radius 2 is 1.79 bits per heavy atom. The molecule has 1 aliphatic carbocycles. The van der Waals surface area contributed by atoms with Crippen LogP contribution in [0.3, 0.4) is 0 Å². The summed E-state index contributed by atoms with van der Waals surface area (Å²) < 4.78 is 33.9. The van der Waals surface area contributed by atoms with Gasteiger partial charge in [-0.05, 0) is 65.0 Å². The molecule has 1 saturated carbocycles. The Hall–Kier alpha value is -2.94. The maximum atomic E-state index is 13.5. The van der Waals surface area contributed by atoms with E-state index >= 15 is 0 Å². The van der Waals surface area contributed by atoms with E-state index in [1.807, 2.05) is 27.7 Å². The standard InChI is InChI=1S/C24H30N4O4S/c1-16-7-10-19(11-8-16)33(30,31)27-15-20(21-22(27)26-13-12-25-21)28(18-9-6-17(2)14-18)23(29)32-24(3,4)5/h7-8,10-13,15,17-18H,6,9,14H2,1-5H3.